The van der Waals surface area contributed by atoms with Crippen LogP contribution < -0.4 is 10.6 Å². The third-order valence-electron chi connectivity index (χ3n) is 4.29. The van der Waals surface area contributed by atoms with Crippen molar-refractivity contribution in [3.8, 4) is 0 Å². The summed E-state index contributed by atoms with van der Waals surface area (Å²) in [6.07, 6.45) is 2.44. The molecule has 1 aliphatic rings. The molecule has 0 aliphatic carbocycles. The van der Waals surface area contributed by atoms with Crippen LogP contribution in [0.15, 0.2) is 4.99 Å². The van der Waals surface area contributed by atoms with E-state index in [4.69, 9.17) is 9.73 Å². The number of ether oxygens (including phenoxy) is 1. The third kappa shape index (κ3) is 7.99. The van der Waals surface area contributed by atoms with Crippen molar-refractivity contribution >= 4 is 5.96 Å². The van der Waals surface area contributed by atoms with Crippen LogP contribution in [-0.4, -0.2) is 63.3 Å². The molecule has 0 aromatic carbocycles. The van der Waals surface area contributed by atoms with Crippen LogP contribution >= 0.6 is 0 Å². The molecule has 130 valence electrons. The van der Waals surface area contributed by atoms with E-state index in [1.54, 1.807) is 0 Å². The fraction of sp³-hybridized carbons (Fsp3) is 0.941. The molecule has 1 unspecified atom stereocenters. The third-order valence-corrected chi connectivity index (χ3v) is 4.29. The summed E-state index contributed by atoms with van der Waals surface area (Å²) in [5.41, 5.74) is 0. The molecule has 0 bridgehead atoms. The van der Waals surface area contributed by atoms with Gasteiger partial charge in [-0.1, -0.05) is 33.6 Å². The highest BCUT2D eigenvalue weighted by molar-refractivity contribution is 5.79. The SMILES string of the molecule is CCNC(=NCC(C)CN1CCOCC1)NCC(CC)CC. The van der Waals surface area contributed by atoms with E-state index >= 15 is 0 Å². The number of rotatable bonds is 9. The van der Waals surface area contributed by atoms with Gasteiger partial charge in [0.2, 0.25) is 0 Å². The number of hydrogen-bond donors (Lipinski definition) is 2. The molecule has 0 aromatic rings. The van der Waals surface area contributed by atoms with Crippen molar-refractivity contribution < 1.29 is 4.74 Å². The number of hydrogen-bond acceptors (Lipinski definition) is 3. The Morgan fingerprint density at radius 3 is 2.41 bits per heavy atom. The summed E-state index contributed by atoms with van der Waals surface area (Å²) >= 11 is 0. The van der Waals surface area contributed by atoms with Crippen LogP contribution in [0.2, 0.25) is 0 Å². The predicted octanol–water partition coefficient (Wildman–Crippen LogP) is 1.95. The number of morpholine rings is 1. The van der Waals surface area contributed by atoms with E-state index in [2.05, 4.69) is 43.2 Å². The Morgan fingerprint density at radius 2 is 1.82 bits per heavy atom. The summed E-state index contributed by atoms with van der Waals surface area (Å²) in [5.74, 6) is 2.26. The normalized spacial score (nSPS) is 18.5. The quantitative estimate of drug-likeness (QED) is 0.505. The molecule has 0 saturated carbocycles. The minimum atomic E-state index is 0.571. The summed E-state index contributed by atoms with van der Waals surface area (Å²) < 4.78 is 5.40. The van der Waals surface area contributed by atoms with Gasteiger partial charge in [-0.05, 0) is 18.8 Å². The summed E-state index contributed by atoms with van der Waals surface area (Å²) in [6, 6.07) is 0. The van der Waals surface area contributed by atoms with Crippen molar-refractivity contribution in [2.24, 2.45) is 16.8 Å². The standard InChI is InChI=1S/C17H36N4O/c1-5-16(6-2)13-20-17(18-7-3)19-12-15(4)14-21-8-10-22-11-9-21/h15-16H,5-14H2,1-4H3,(H2,18,19,20). The summed E-state index contributed by atoms with van der Waals surface area (Å²) in [7, 11) is 0. The van der Waals surface area contributed by atoms with Gasteiger partial charge in [0.1, 0.15) is 0 Å². The first-order valence-electron chi connectivity index (χ1n) is 9.01. The predicted molar refractivity (Wildman–Crippen MR) is 94.5 cm³/mol. The minimum Gasteiger partial charge on any atom is -0.379 e. The van der Waals surface area contributed by atoms with E-state index in [1.165, 1.54) is 12.8 Å². The highest BCUT2D eigenvalue weighted by Gasteiger charge is 2.13. The van der Waals surface area contributed by atoms with Gasteiger partial charge in [-0.3, -0.25) is 9.89 Å². The van der Waals surface area contributed by atoms with E-state index in [-0.39, 0.29) is 0 Å². The Hall–Kier alpha value is -0.810. The highest BCUT2D eigenvalue weighted by Crippen LogP contribution is 2.06. The van der Waals surface area contributed by atoms with Crippen LogP contribution in [0.4, 0.5) is 0 Å². The van der Waals surface area contributed by atoms with Gasteiger partial charge in [-0.2, -0.15) is 0 Å². The Labute approximate surface area is 136 Å². The van der Waals surface area contributed by atoms with E-state index in [9.17, 15) is 0 Å². The van der Waals surface area contributed by atoms with Gasteiger partial charge in [-0.15, -0.1) is 0 Å². The topological polar surface area (TPSA) is 48.9 Å². The van der Waals surface area contributed by atoms with Crippen molar-refractivity contribution in [1.82, 2.24) is 15.5 Å². The van der Waals surface area contributed by atoms with E-state index < -0.39 is 0 Å². The fourth-order valence-electron chi connectivity index (χ4n) is 2.69. The maximum Gasteiger partial charge on any atom is 0.191 e. The van der Waals surface area contributed by atoms with Crippen LogP contribution in [0.1, 0.15) is 40.5 Å². The van der Waals surface area contributed by atoms with E-state index in [0.29, 0.717) is 5.92 Å². The first-order chi connectivity index (χ1) is 10.7. The second kappa shape index (κ2) is 11.7. The zero-order valence-electron chi connectivity index (χ0n) is 15.0. The Kier molecular flexibility index (Phi) is 10.2. The minimum absolute atomic E-state index is 0.571. The lowest BCUT2D eigenvalue weighted by Gasteiger charge is -2.28. The van der Waals surface area contributed by atoms with Crippen molar-refractivity contribution in [3.05, 3.63) is 0 Å². The second-order valence-corrected chi connectivity index (χ2v) is 6.30. The first-order valence-corrected chi connectivity index (χ1v) is 9.01. The molecule has 1 heterocycles. The van der Waals surface area contributed by atoms with Crippen molar-refractivity contribution in [2.45, 2.75) is 40.5 Å². The van der Waals surface area contributed by atoms with Crippen LogP contribution in [0.25, 0.3) is 0 Å². The molecule has 1 fully saturated rings. The van der Waals surface area contributed by atoms with Gasteiger partial charge < -0.3 is 15.4 Å². The van der Waals surface area contributed by atoms with Crippen molar-refractivity contribution in [1.29, 1.82) is 0 Å². The monoisotopic (exact) mass is 312 g/mol. The van der Waals surface area contributed by atoms with Crippen LogP contribution in [-0.2, 0) is 4.74 Å². The summed E-state index contributed by atoms with van der Waals surface area (Å²) in [4.78, 5) is 7.24. The molecule has 0 radical (unpaired) electrons. The molecule has 0 amide bonds. The Bertz CT molecular complexity index is 299. The fourth-order valence-corrected chi connectivity index (χ4v) is 2.69. The van der Waals surface area contributed by atoms with E-state index in [0.717, 1.165) is 64.4 Å². The van der Waals surface area contributed by atoms with Crippen LogP contribution in [0.5, 0.6) is 0 Å². The Balaban J connectivity index is 2.35. The summed E-state index contributed by atoms with van der Waals surface area (Å²) in [6.45, 7) is 16.7. The number of aliphatic imine (C=N–C) groups is 1. The lowest BCUT2D eigenvalue weighted by Crippen LogP contribution is -2.41. The molecule has 0 aromatic heterocycles. The molecule has 2 N–H and O–H groups in total. The molecule has 22 heavy (non-hydrogen) atoms. The van der Waals surface area contributed by atoms with Gasteiger partial charge in [0, 0.05) is 39.3 Å². The zero-order valence-corrected chi connectivity index (χ0v) is 15.0. The molecule has 1 rings (SSSR count). The van der Waals surface area contributed by atoms with Gasteiger partial charge in [0.15, 0.2) is 5.96 Å². The number of nitrogens with one attached hydrogen (secondary N) is 2. The molecular formula is C17H36N4O. The molecule has 1 aliphatic heterocycles. The van der Waals surface area contributed by atoms with Gasteiger partial charge in [0.25, 0.3) is 0 Å². The molecule has 5 nitrogen and oxygen atoms in total. The maximum atomic E-state index is 5.40. The lowest BCUT2D eigenvalue weighted by atomic mass is 10.0. The average molecular weight is 313 g/mol. The zero-order chi connectivity index (χ0) is 16.2. The average Bonchev–Trinajstić information content (AvgIpc) is 2.54. The number of guanidine groups is 1. The van der Waals surface area contributed by atoms with Crippen molar-refractivity contribution in [3.63, 3.8) is 0 Å². The molecular weight excluding hydrogens is 276 g/mol. The smallest absolute Gasteiger partial charge is 0.191 e. The Morgan fingerprint density at radius 1 is 1.14 bits per heavy atom. The number of nitrogens with zero attached hydrogens (tertiary/aromatic N) is 2. The van der Waals surface area contributed by atoms with Crippen LogP contribution in [0.3, 0.4) is 0 Å². The summed E-state index contributed by atoms with van der Waals surface area (Å²) in [5, 5.41) is 6.84. The van der Waals surface area contributed by atoms with Crippen LogP contribution in [0, 0.1) is 11.8 Å². The van der Waals surface area contributed by atoms with Crippen molar-refractivity contribution in [2.75, 3.05) is 52.5 Å². The largest absolute Gasteiger partial charge is 0.379 e. The van der Waals surface area contributed by atoms with Gasteiger partial charge >= 0.3 is 0 Å². The first kappa shape index (κ1) is 19.2. The van der Waals surface area contributed by atoms with Gasteiger partial charge in [0.05, 0.1) is 13.2 Å². The molecule has 5 heteroatoms. The lowest BCUT2D eigenvalue weighted by molar-refractivity contribution is 0.0323. The highest BCUT2D eigenvalue weighted by atomic mass is 16.5. The molecule has 0 spiro atoms. The molecule has 1 atom stereocenters. The van der Waals surface area contributed by atoms with E-state index in [1.807, 2.05) is 0 Å². The maximum absolute atomic E-state index is 5.40. The second-order valence-electron chi connectivity index (χ2n) is 6.30. The molecule has 1 saturated heterocycles. The van der Waals surface area contributed by atoms with Gasteiger partial charge in [-0.25, -0.2) is 0 Å².